The van der Waals surface area contributed by atoms with Crippen LogP contribution in [0.25, 0.3) is 0 Å². The van der Waals surface area contributed by atoms with E-state index in [0.717, 1.165) is 44.7 Å². The maximum atomic E-state index is 12.2. The van der Waals surface area contributed by atoms with Crippen LogP contribution in [0.3, 0.4) is 0 Å². The number of imidazole rings is 1. The zero-order valence-electron chi connectivity index (χ0n) is 11.2. The number of H-pyrrole nitrogens is 1. The third-order valence-corrected chi connectivity index (χ3v) is 3.56. The van der Waals surface area contributed by atoms with Gasteiger partial charge >= 0.3 is 0 Å². The first-order valence-electron chi connectivity index (χ1n) is 6.69. The molecule has 0 radical (unpaired) electrons. The van der Waals surface area contributed by atoms with Crippen LogP contribution in [0, 0.1) is 0 Å². The van der Waals surface area contributed by atoms with E-state index in [2.05, 4.69) is 21.8 Å². The summed E-state index contributed by atoms with van der Waals surface area (Å²) in [5.74, 6) is 1.19. The molecule has 0 unspecified atom stereocenters. The topological polar surface area (TPSA) is 52.2 Å². The van der Waals surface area contributed by atoms with Gasteiger partial charge in [-0.2, -0.15) is 0 Å². The highest BCUT2D eigenvalue weighted by Gasteiger charge is 2.32. The van der Waals surface area contributed by atoms with Gasteiger partial charge in [-0.05, 0) is 6.42 Å². The molecule has 100 valence electrons. The number of nitrogens with zero attached hydrogens (tertiary/aromatic N) is 3. The first kappa shape index (κ1) is 13.1. The molecule has 1 fully saturated rings. The number of piperazine rings is 1. The first-order chi connectivity index (χ1) is 8.72. The number of hydrogen-bond acceptors (Lipinski definition) is 3. The number of amides is 1. The predicted octanol–water partition coefficient (Wildman–Crippen LogP) is 1.24. The van der Waals surface area contributed by atoms with Crippen LogP contribution in [0.1, 0.15) is 32.0 Å². The number of aromatic amines is 1. The monoisotopic (exact) mass is 250 g/mol. The van der Waals surface area contributed by atoms with E-state index in [1.54, 1.807) is 6.20 Å². The molecule has 0 spiro atoms. The molecule has 0 aromatic carbocycles. The van der Waals surface area contributed by atoms with Crippen molar-refractivity contribution in [2.45, 2.75) is 38.8 Å². The van der Waals surface area contributed by atoms with Gasteiger partial charge in [0.15, 0.2) is 0 Å². The quantitative estimate of drug-likeness (QED) is 0.855. The van der Waals surface area contributed by atoms with Crippen molar-refractivity contribution in [3.8, 4) is 0 Å². The van der Waals surface area contributed by atoms with Crippen molar-refractivity contribution >= 4 is 5.91 Å². The molecular weight excluding hydrogens is 228 g/mol. The number of unbranched alkanes of at least 4 members (excludes halogenated alkanes) is 1. The van der Waals surface area contributed by atoms with Crippen LogP contribution in [-0.2, 0) is 11.3 Å². The Morgan fingerprint density at radius 3 is 3.00 bits per heavy atom. The fourth-order valence-corrected chi connectivity index (χ4v) is 2.42. The van der Waals surface area contributed by atoms with Gasteiger partial charge in [-0.25, -0.2) is 4.98 Å². The van der Waals surface area contributed by atoms with Crippen molar-refractivity contribution in [2.75, 3.05) is 20.1 Å². The minimum Gasteiger partial charge on any atom is -0.348 e. The second-order valence-electron chi connectivity index (χ2n) is 4.92. The highest BCUT2D eigenvalue weighted by Crippen LogP contribution is 2.17. The smallest absolute Gasteiger partial charge is 0.239 e. The minimum absolute atomic E-state index is 0.0220. The van der Waals surface area contributed by atoms with Gasteiger partial charge < -0.3 is 9.88 Å². The molecule has 0 bridgehead atoms. The molecule has 5 heteroatoms. The second-order valence-corrected chi connectivity index (χ2v) is 4.92. The zero-order valence-corrected chi connectivity index (χ0v) is 11.2. The molecule has 1 saturated heterocycles. The maximum absolute atomic E-state index is 12.2. The van der Waals surface area contributed by atoms with Crippen molar-refractivity contribution in [3.63, 3.8) is 0 Å². The number of likely N-dealkylation sites (N-methyl/N-ethyl adjacent to an activating group) is 1. The summed E-state index contributed by atoms with van der Waals surface area (Å²) in [7, 11) is 1.89. The number of nitrogens with one attached hydrogen (secondary N) is 1. The largest absolute Gasteiger partial charge is 0.348 e. The molecule has 1 aliphatic heterocycles. The molecule has 1 atom stereocenters. The summed E-state index contributed by atoms with van der Waals surface area (Å²) < 4.78 is 0. The van der Waals surface area contributed by atoms with Gasteiger partial charge in [-0.15, -0.1) is 0 Å². The van der Waals surface area contributed by atoms with Crippen molar-refractivity contribution in [3.05, 3.63) is 18.2 Å². The molecule has 0 aliphatic carbocycles. The molecule has 5 nitrogen and oxygen atoms in total. The lowest BCUT2D eigenvalue weighted by Gasteiger charge is -2.38. The number of carbonyl (C=O) groups is 1. The Morgan fingerprint density at radius 1 is 1.50 bits per heavy atom. The Bertz CT molecular complexity index is 376. The van der Waals surface area contributed by atoms with E-state index in [0.29, 0.717) is 0 Å². The van der Waals surface area contributed by atoms with Crippen molar-refractivity contribution in [2.24, 2.45) is 0 Å². The van der Waals surface area contributed by atoms with Crippen LogP contribution in [0.2, 0.25) is 0 Å². The average Bonchev–Trinajstić information content (AvgIpc) is 2.86. The van der Waals surface area contributed by atoms with E-state index in [9.17, 15) is 4.79 Å². The van der Waals surface area contributed by atoms with Gasteiger partial charge in [0.2, 0.25) is 5.91 Å². The third-order valence-electron chi connectivity index (χ3n) is 3.56. The molecule has 1 aromatic heterocycles. The van der Waals surface area contributed by atoms with E-state index in [1.807, 2.05) is 18.1 Å². The molecule has 1 N–H and O–H groups in total. The third kappa shape index (κ3) is 2.90. The Labute approximate surface area is 108 Å². The summed E-state index contributed by atoms with van der Waals surface area (Å²) in [6.07, 6.45) is 6.75. The molecule has 18 heavy (non-hydrogen) atoms. The van der Waals surface area contributed by atoms with Gasteiger partial charge in [0.1, 0.15) is 5.82 Å². The van der Waals surface area contributed by atoms with E-state index in [4.69, 9.17) is 0 Å². The summed E-state index contributed by atoms with van der Waals surface area (Å²) in [6, 6.07) is 0.0220. The number of rotatable bonds is 5. The van der Waals surface area contributed by atoms with Crippen LogP contribution in [0.15, 0.2) is 12.4 Å². The van der Waals surface area contributed by atoms with Gasteiger partial charge in [-0.3, -0.25) is 9.69 Å². The van der Waals surface area contributed by atoms with E-state index in [1.165, 1.54) is 0 Å². The van der Waals surface area contributed by atoms with Gasteiger partial charge in [0, 0.05) is 32.5 Å². The summed E-state index contributed by atoms with van der Waals surface area (Å²) in [5.41, 5.74) is 0. The maximum Gasteiger partial charge on any atom is 0.239 e. The van der Waals surface area contributed by atoms with Crippen LogP contribution >= 0.6 is 0 Å². The Balaban J connectivity index is 2.03. The predicted molar refractivity (Wildman–Crippen MR) is 69.9 cm³/mol. The van der Waals surface area contributed by atoms with Crippen LogP contribution in [-0.4, -0.2) is 51.9 Å². The first-order valence-corrected chi connectivity index (χ1v) is 6.69. The molecule has 0 saturated carbocycles. The normalized spacial score (nSPS) is 21.6. The fraction of sp³-hybridized carbons (Fsp3) is 0.692. The molecule has 1 amide bonds. The summed E-state index contributed by atoms with van der Waals surface area (Å²) in [4.78, 5) is 23.7. The lowest BCUT2D eigenvalue weighted by Crippen LogP contribution is -2.55. The Hall–Kier alpha value is -1.36. The summed E-state index contributed by atoms with van der Waals surface area (Å²) in [6.45, 7) is 4.63. The van der Waals surface area contributed by atoms with Crippen molar-refractivity contribution in [1.82, 2.24) is 19.8 Å². The number of hydrogen-bond donors (Lipinski definition) is 1. The van der Waals surface area contributed by atoms with Crippen LogP contribution < -0.4 is 0 Å². The van der Waals surface area contributed by atoms with Crippen LogP contribution in [0.4, 0.5) is 0 Å². The van der Waals surface area contributed by atoms with E-state index >= 15 is 0 Å². The lowest BCUT2D eigenvalue weighted by atomic mass is 10.0. The standard InChI is InChI=1S/C13H22N4O/c1-3-4-5-11-13(18)16(2)8-9-17(11)10-12-14-6-7-15-12/h6-7,11H,3-5,8-10H2,1-2H3,(H,14,15)/t11-/m1/s1. The highest BCUT2D eigenvalue weighted by atomic mass is 16.2. The number of aromatic nitrogens is 2. The average molecular weight is 250 g/mol. The summed E-state index contributed by atoms with van der Waals surface area (Å²) >= 11 is 0. The minimum atomic E-state index is 0.0220. The Morgan fingerprint density at radius 2 is 2.33 bits per heavy atom. The van der Waals surface area contributed by atoms with Gasteiger partial charge in [0.05, 0.1) is 12.6 Å². The van der Waals surface area contributed by atoms with Gasteiger partial charge in [0.25, 0.3) is 0 Å². The fourth-order valence-electron chi connectivity index (χ4n) is 2.42. The van der Waals surface area contributed by atoms with Crippen LogP contribution in [0.5, 0.6) is 0 Å². The van der Waals surface area contributed by atoms with Gasteiger partial charge in [-0.1, -0.05) is 19.8 Å². The molecule has 2 rings (SSSR count). The lowest BCUT2D eigenvalue weighted by molar-refractivity contribution is -0.140. The van der Waals surface area contributed by atoms with E-state index < -0.39 is 0 Å². The summed E-state index contributed by atoms with van der Waals surface area (Å²) in [5, 5.41) is 0. The molecular formula is C13H22N4O. The zero-order chi connectivity index (χ0) is 13.0. The molecule has 1 aromatic rings. The molecule has 2 heterocycles. The second kappa shape index (κ2) is 6.00. The molecule has 1 aliphatic rings. The Kier molecular flexibility index (Phi) is 4.36. The SMILES string of the molecule is CCCC[C@@H]1C(=O)N(C)CCN1Cc1ncc[nH]1. The van der Waals surface area contributed by atoms with Crippen molar-refractivity contribution in [1.29, 1.82) is 0 Å². The highest BCUT2D eigenvalue weighted by molar-refractivity contribution is 5.82. The number of carbonyl (C=O) groups excluding carboxylic acids is 1. The van der Waals surface area contributed by atoms with Crippen molar-refractivity contribution < 1.29 is 4.79 Å². The van der Waals surface area contributed by atoms with E-state index in [-0.39, 0.29) is 11.9 Å².